The van der Waals surface area contributed by atoms with Crippen molar-refractivity contribution in [1.82, 2.24) is 10.2 Å². The fraction of sp³-hybridized carbons (Fsp3) is 0.615. The van der Waals surface area contributed by atoms with Crippen molar-refractivity contribution in [3.63, 3.8) is 0 Å². The van der Waals surface area contributed by atoms with E-state index in [9.17, 15) is 5.26 Å². The summed E-state index contributed by atoms with van der Waals surface area (Å²) in [5.74, 6) is 0.552. The Labute approximate surface area is 108 Å². The van der Waals surface area contributed by atoms with Gasteiger partial charge in [-0.25, -0.2) is 0 Å². The molecule has 1 unspecified atom stereocenters. The van der Waals surface area contributed by atoms with Crippen LogP contribution in [-0.4, -0.2) is 30.0 Å². The van der Waals surface area contributed by atoms with Gasteiger partial charge in [0.15, 0.2) is 5.82 Å². The van der Waals surface area contributed by atoms with Gasteiger partial charge in [0, 0.05) is 13.2 Å². The van der Waals surface area contributed by atoms with Crippen molar-refractivity contribution in [3.05, 3.63) is 16.8 Å². The summed E-state index contributed by atoms with van der Waals surface area (Å²) in [5.41, 5.74) is 2.49. The van der Waals surface area contributed by atoms with Gasteiger partial charge in [-0.3, -0.25) is 0 Å². The summed E-state index contributed by atoms with van der Waals surface area (Å²) in [6.45, 7) is 6.58. The highest BCUT2D eigenvalue weighted by Gasteiger charge is 2.15. The molecule has 1 rings (SSSR count). The Morgan fingerprint density at radius 3 is 2.56 bits per heavy atom. The van der Waals surface area contributed by atoms with Crippen molar-refractivity contribution in [2.45, 2.75) is 39.7 Å². The second kappa shape index (κ2) is 6.92. The maximum absolute atomic E-state index is 9.30. The van der Waals surface area contributed by atoms with Crippen LogP contribution in [0.4, 0.5) is 5.82 Å². The molecule has 18 heavy (non-hydrogen) atoms. The lowest BCUT2D eigenvalue weighted by atomic mass is 10.0. The third-order valence-corrected chi connectivity index (χ3v) is 2.76. The zero-order valence-electron chi connectivity index (χ0n) is 11.4. The van der Waals surface area contributed by atoms with Crippen LogP contribution in [0.1, 0.15) is 37.6 Å². The topological polar surface area (TPSA) is 70.8 Å². The van der Waals surface area contributed by atoms with Crippen molar-refractivity contribution in [2.24, 2.45) is 0 Å². The molecule has 1 atom stereocenters. The number of nitriles is 1. The Bertz CT molecular complexity index is 439. The van der Waals surface area contributed by atoms with E-state index >= 15 is 0 Å². The summed E-state index contributed by atoms with van der Waals surface area (Å²) in [7, 11) is 1.65. The van der Waals surface area contributed by atoms with Gasteiger partial charge in [0.1, 0.15) is 11.6 Å². The first kappa shape index (κ1) is 14.4. The first-order valence-electron chi connectivity index (χ1n) is 6.21. The van der Waals surface area contributed by atoms with Gasteiger partial charge in [0.25, 0.3) is 0 Å². The number of hydrogen-bond acceptors (Lipinski definition) is 5. The largest absolute Gasteiger partial charge is 0.383 e. The Balaban J connectivity index is 3.10. The SMILES string of the molecule is CCc1nnc(NC(C)COC)c(C#N)c1CC. The third-order valence-electron chi connectivity index (χ3n) is 2.76. The van der Waals surface area contributed by atoms with Crippen LogP contribution in [0.15, 0.2) is 0 Å². The van der Waals surface area contributed by atoms with Crippen LogP contribution in [0, 0.1) is 11.3 Å². The number of hydrogen-bond donors (Lipinski definition) is 1. The van der Waals surface area contributed by atoms with Crippen molar-refractivity contribution in [1.29, 1.82) is 5.26 Å². The highest BCUT2D eigenvalue weighted by molar-refractivity contribution is 5.56. The van der Waals surface area contributed by atoms with Crippen molar-refractivity contribution < 1.29 is 4.74 Å². The molecule has 1 aromatic rings. The number of nitrogens with zero attached hydrogens (tertiary/aromatic N) is 3. The molecule has 1 aromatic heterocycles. The minimum atomic E-state index is 0.0913. The van der Waals surface area contributed by atoms with Crippen LogP contribution in [0.25, 0.3) is 0 Å². The van der Waals surface area contributed by atoms with Crippen LogP contribution < -0.4 is 5.32 Å². The predicted molar refractivity (Wildman–Crippen MR) is 70.5 cm³/mol. The molecule has 0 spiro atoms. The minimum Gasteiger partial charge on any atom is -0.383 e. The molecule has 0 bridgehead atoms. The molecule has 0 aliphatic heterocycles. The number of aryl methyl sites for hydroxylation is 1. The standard InChI is InChI=1S/C13H20N4O/c1-5-10-11(7-14)13(15-9(3)8-18-4)17-16-12(10)6-2/h9H,5-6,8H2,1-4H3,(H,15,17). The molecule has 0 aliphatic rings. The number of nitrogens with one attached hydrogen (secondary N) is 1. The molecule has 0 saturated carbocycles. The summed E-state index contributed by atoms with van der Waals surface area (Å²) in [6, 6.07) is 2.32. The molecule has 1 heterocycles. The summed E-state index contributed by atoms with van der Waals surface area (Å²) in [4.78, 5) is 0. The van der Waals surface area contributed by atoms with Gasteiger partial charge >= 0.3 is 0 Å². The smallest absolute Gasteiger partial charge is 0.167 e. The van der Waals surface area contributed by atoms with Crippen LogP contribution in [0.3, 0.4) is 0 Å². The molecule has 0 fully saturated rings. The van der Waals surface area contributed by atoms with Crippen molar-refractivity contribution >= 4 is 5.82 Å². The van der Waals surface area contributed by atoms with E-state index in [1.54, 1.807) is 7.11 Å². The monoisotopic (exact) mass is 248 g/mol. The summed E-state index contributed by atoms with van der Waals surface area (Å²) in [6.07, 6.45) is 1.58. The van der Waals surface area contributed by atoms with Crippen molar-refractivity contribution in [3.8, 4) is 6.07 Å². The number of aromatic nitrogens is 2. The first-order chi connectivity index (χ1) is 8.67. The van der Waals surface area contributed by atoms with Gasteiger partial charge in [0.05, 0.1) is 12.3 Å². The van der Waals surface area contributed by atoms with Gasteiger partial charge in [0.2, 0.25) is 0 Å². The van der Waals surface area contributed by atoms with Gasteiger partial charge in [-0.15, -0.1) is 5.10 Å². The minimum absolute atomic E-state index is 0.0913. The summed E-state index contributed by atoms with van der Waals surface area (Å²) >= 11 is 0. The molecule has 5 heteroatoms. The molecular weight excluding hydrogens is 228 g/mol. The Morgan fingerprint density at radius 1 is 1.33 bits per heavy atom. The maximum Gasteiger partial charge on any atom is 0.167 e. The number of anilines is 1. The lowest BCUT2D eigenvalue weighted by Gasteiger charge is -2.16. The van der Waals surface area contributed by atoms with Gasteiger partial charge < -0.3 is 10.1 Å². The number of rotatable bonds is 6. The third kappa shape index (κ3) is 3.17. The molecule has 0 radical (unpaired) electrons. The molecule has 98 valence electrons. The van der Waals surface area contributed by atoms with E-state index in [0.29, 0.717) is 18.0 Å². The van der Waals surface area contributed by atoms with Crippen LogP contribution in [-0.2, 0) is 17.6 Å². The highest BCUT2D eigenvalue weighted by atomic mass is 16.5. The normalized spacial score (nSPS) is 11.9. The Hall–Kier alpha value is -1.67. The van der Waals surface area contributed by atoms with Gasteiger partial charge in [-0.05, 0) is 25.3 Å². The lowest BCUT2D eigenvalue weighted by Crippen LogP contribution is -2.23. The average molecular weight is 248 g/mol. The zero-order chi connectivity index (χ0) is 13.5. The molecular formula is C13H20N4O. The van der Waals surface area contributed by atoms with E-state index in [1.165, 1.54) is 0 Å². The number of methoxy groups -OCH3 is 1. The van der Waals surface area contributed by atoms with Crippen molar-refractivity contribution in [2.75, 3.05) is 19.0 Å². The van der Waals surface area contributed by atoms with Crippen LogP contribution in [0.5, 0.6) is 0 Å². The van der Waals surface area contributed by atoms with Gasteiger partial charge in [-0.1, -0.05) is 13.8 Å². The van der Waals surface area contributed by atoms with E-state index in [-0.39, 0.29) is 6.04 Å². The van der Waals surface area contributed by atoms with E-state index in [1.807, 2.05) is 20.8 Å². The zero-order valence-corrected chi connectivity index (χ0v) is 11.4. The molecule has 1 N–H and O–H groups in total. The van der Waals surface area contributed by atoms with E-state index < -0.39 is 0 Å². The molecule has 0 aliphatic carbocycles. The summed E-state index contributed by atoms with van der Waals surface area (Å²) in [5, 5.41) is 20.8. The molecule has 0 aromatic carbocycles. The average Bonchev–Trinajstić information content (AvgIpc) is 2.38. The Morgan fingerprint density at radius 2 is 2.06 bits per heavy atom. The molecule has 5 nitrogen and oxygen atoms in total. The van der Waals surface area contributed by atoms with Gasteiger partial charge in [-0.2, -0.15) is 10.4 Å². The fourth-order valence-corrected chi connectivity index (χ4v) is 1.92. The molecule has 0 saturated heterocycles. The van der Waals surface area contributed by atoms with E-state index in [2.05, 4.69) is 21.6 Å². The quantitative estimate of drug-likeness (QED) is 0.832. The highest BCUT2D eigenvalue weighted by Crippen LogP contribution is 2.20. The summed E-state index contributed by atoms with van der Waals surface area (Å²) < 4.78 is 5.06. The second-order valence-corrected chi connectivity index (χ2v) is 4.17. The van der Waals surface area contributed by atoms with E-state index in [4.69, 9.17) is 4.74 Å². The molecule has 0 amide bonds. The first-order valence-corrected chi connectivity index (χ1v) is 6.21. The second-order valence-electron chi connectivity index (χ2n) is 4.17. The van der Waals surface area contributed by atoms with Crippen LogP contribution >= 0.6 is 0 Å². The maximum atomic E-state index is 9.30. The fourth-order valence-electron chi connectivity index (χ4n) is 1.92. The van der Waals surface area contributed by atoms with Crippen LogP contribution in [0.2, 0.25) is 0 Å². The Kier molecular flexibility index (Phi) is 5.53. The van der Waals surface area contributed by atoms with E-state index in [0.717, 1.165) is 24.1 Å². The predicted octanol–water partition coefficient (Wildman–Crippen LogP) is 1.92. The lowest BCUT2D eigenvalue weighted by molar-refractivity contribution is 0.190. The number of ether oxygens (including phenoxy) is 1.